The first kappa shape index (κ1) is 13.5. The molecular weight excluding hydrogens is 238 g/mol. The summed E-state index contributed by atoms with van der Waals surface area (Å²) in [5.41, 5.74) is 1.05. The highest BCUT2D eigenvalue weighted by Gasteiger charge is 2.11. The lowest BCUT2D eigenvalue weighted by atomic mass is 10.1. The van der Waals surface area contributed by atoms with Gasteiger partial charge in [-0.25, -0.2) is 0 Å². The van der Waals surface area contributed by atoms with Gasteiger partial charge in [-0.15, -0.1) is 0 Å². The normalized spacial score (nSPS) is 12.1. The minimum atomic E-state index is 0.191. The SMILES string of the molecule is CCCOc1cccc(NC(CC)c2ccco2)c1. The van der Waals surface area contributed by atoms with Crippen LogP contribution in [0.1, 0.15) is 38.5 Å². The van der Waals surface area contributed by atoms with Gasteiger partial charge in [-0.1, -0.05) is 19.9 Å². The van der Waals surface area contributed by atoms with Gasteiger partial charge < -0.3 is 14.5 Å². The fraction of sp³-hybridized carbons (Fsp3) is 0.375. The van der Waals surface area contributed by atoms with E-state index in [-0.39, 0.29) is 6.04 Å². The summed E-state index contributed by atoms with van der Waals surface area (Å²) >= 11 is 0. The lowest BCUT2D eigenvalue weighted by molar-refractivity contribution is 0.317. The van der Waals surface area contributed by atoms with Gasteiger partial charge >= 0.3 is 0 Å². The first-order valence-corrected chi connectivity index (χ1v) is 6.86. The first-order chi connectivity index (χ1) is 9.33. The summed E-state index contributed by atoms with van der Waals surface area (Å²) in [6.07, 6.45) is 3.69. The van der Waals surface area contributed by atoms with Crippen LogP contribution < -0.4 is 10.1 Å². The maximum Gasteiger partial charge on any atom is 0.125 e. The van der Waals surface area contributed by atoms with E-state index in [0.717, 1.165) is 36.6 Å². The molecule has 2 rings (SSSR count). The Labute approximate surface area is 114 Å². The van der Waals surface area contributed by atoms with E-state index in [1.807, 2.05) is 36.4 Å². The Morgan fingerprint density at radius 3 is 2.79 bits per heavy atom. The summed E-state index contributed by atoms with van der Waals surface area (Å²) in [7, 11) is 0. The molecule has 0 saturated heterocycles. The largest absolute Gasteiger partial charge is 0.494 e. The van der Waals surface area contributed by atoms with Crippen molar-refractivity contribution in [3.05, 3.63) is 48.4 Å². The number of nitrogens with one attached hydrogen (secondary N) is 1. The molecule has 0 aliphatic rings. The molecule has 3 heteroatoms. The van der Waals surface area contributed by atoms with Crippen molar-refractivity contribution >= 4 is 5.69 Å². The molecule has 1 aromatic carbocycles. The quantitative estimate of drug-likeness (QED) is 0.787. The predicted octanol–water partition coefficient (Wildman–Crippen LogP) is 4.63. The number of rotatable bonds is 7. The van der Waals surface area contributed by atoms with Gasteiger partial charge in [-0.05, 0) is 37.1 Å². The molecule has 0 aliphatic heterocycles. The van der Waals surface area contributed by atoms with Gasteiger partial charge in [0.05, 0.1) is 18.9 Å². The topological polar surface area (TPSA) is 34.4 Å². The lowest BCUT2D eigenvalue weighted by Gasteiger charge is -2.16. The second-order valence-electron chi connectivity index (χ2n) is 4.50. The maximum absolute atomic E-state index is 5.64. The molecular formula is C16H21NO2. The monoisotopic (exact) mass is 259 g/mol. The second kappa shape index (κ2) is 6.88. The number of benzene rings is 1. The molecule has 0 saturated carbocycles. The smallest absolute Gasteiger partial charge is 0.125 e. The van der Waals surface area contributed by atoms with Gasteiger partial charge in [-0.3, -0.25) is 0 Å². The van der Waals surface area contributed by atoms with Gasteiger partial charge in [0, 0.05) is 11.8 Å². The van der Waals surface area contributed by atoms with Crippen LogP contribution in [0.5, 0.6) is 5.75 Å². The van der Waals surface area contributed by atoms with Crippen molar-refractivity contribution < 1.29 is 9.15 Å². The van der Waals surface area contributed by atoms with Crippen molar-refractivity contribution in [2.45, 2.75) is 32.7 Å². The average Bonchev–Trinajstić information content (AvgIpc) is 2.97. The van der Waals surface area contributed by atoms with Crippen molar-refractivity contribution in [1.29, 1.82) is 0 Å². The summed E-state index contributed by atoms with van der Waals surface area (Å²) < 4.78 is 11.1. The molecule has 0 amide bonds. The third-order valence-corrected chi connectivity index (χ3v) is 2.94. The molecule has 19 heavy (non-hydrogen) atoms. The zero-order valence-electron chi connectivity index (χ0n) is 11.6. The Morgan fingerprint density at radius 2 is 2.11 bits per heavy atom. The van der Waals surface area contributed by atoms with Crippen molar-refractivity contribution in [3.63, 3.8) is 0 Å². The van der Waals surface area contributed by atoms with Crippen LogP contribution in [0, 0.1) is 0 Å². The fourth-order valence-corrected chi connectivity index (χ4v) is 1.96. The Bertz CT molecular complexity index is 479. The standard InChI is InChI=1S/C16H21NO2/c1-3-10-18-14-8-5-7-13(12-14)17-15(4-2)16-9-6-11-19-16/h5-9,11-12,15,17H,3-4,10H2,1-2H3. The molecule has 0 fully saturated rings. The van der Waals surface area contributed by atoms with Crippen LogP contribution in [-0.4, -0.2) is 6.61 Å². The molecule has 1 N–H and O–H groups in total. The van der Waals surface area contributed by atoms with E-state index in [1.165, 1.54) is 0 Å². The van der Waals surface area contributed by atoms with E-state index in [4.69, 9.17) is 9.15 Å². The Hall–Kier alpha value is -1.90. The van der Waals surface area contributed by atoms with Crippen molar-refractivity contribution in [3.8, 4) is 5.75 Å². The summed E-state index contributed by atoms with van der Waals surface area (Å²) in [4.78, 5) is 0. The van der Waals surface area contributed by atoms with E-state index in [1.54, 1.807) is 6.26 Å². The molecule has 1 unspecified atom stereocenters. The zero-order chi connectivity index (χ0) is 13.5. The van der Waals surface area contributed by atoms with Crippen LogP contribution in [0.2, 0.25) is 0 Å². The van der Waals surface area contributed by atoms with Gasteiger partial charge in [0.1, 0.15) is 11.5 Å². The van der Waals surface area contributed by atoms with Gasteiger partial charge in [0.25, 0.3) is 0 Å². The molecule has 1 heterocycles. The number of furan rings is 1. The molecule has 102 valence electrons. The van der Waals surface area contributed by atoms with E-state index in [2.05, 4.69) is 19.2 Å². The molecule has 0 aliphatic carbocycles. The molecule has 0 radical (unpaired) electrons. The molecule has 2 aromatic rings. The predicted molar refractivity (Wildman–Crippen MR) is 77.6 cm³/mol. The highest BCUT2D eigenvalue weighted by molar-refractivity contribution is 5.49. The summed E-state index contributed by atoms with van der Waals surface area (Å²) in [5.74, 6) is 1.86. The second-order valence-corrected chi connectivity index (χ2v) is 4.50. The van der Waals surface area contributed by atoms with Crippen molar-refractivity contribution in [2.24, 2.45) is 0 Å². The third kappa shape index (κ3) is 3.78. The van der Waals surface area contributed by atoms with E-state index in [9.17, 15) is 0 Å². The summed E-state index contributed by atoms with van der Waals surface area (Å²) in [6, 6.07) is 12.2. The fourth-order valence-electron chi connectivity index (χ4n) is 1.96. The minimum Gasteiger partial charge on any atom is -0.494 e. The van der Waals surface area contributed by atoms with Crippen molar-refractivity contribution in [1.82, 2.24) is 0 Å². The van der Waals surface area contributed by atoms with E-state index in [0.29, 0.717) is 0 Å². The zero-order valence-corrected chi connectivity index (χ0v) is 11.6. The van der Waals surface area contributed by atoms with Crippen LogP contribution in [0.3, 0.4) is 0 Å². The number of hydrogen-bond donors (Lipinski definition) is 1. The van der Waals surface area contributed by atoms with Gasteiger partial charge in [-0.2, -0.15) is 0 Å². The minimum absolute atomic E-state index is 0.191. The molecule has 1 aromatic heterocycles. The van der Waals surface area contributed by atoms with E-state index >= 15 is 0 Å². The Balaban J connectivity index is 2.05. The number of ether oxygens (including phenoxy) is 1. The molecule has 0 spiro atoms. The first-order valence-electron chi connectivity index (χ1n) is 6.86. The van der Waals surface area contributed by atoms with E-state index < -0.39 is 0 Å². The molecule has 3 nitrogen and oxygen atoms in total. The van der Waals surface area contributed by atoms with Crippen LogP contribution in [-0.2, 0) is 0 Å². The maximum atomic E-state index is 5.64. The highest BCUT2D eigenvalue weighted by atomic mass is 16.5. The molecule has 1 atom stereocenters. The third-order valence-electron chi connectivity index (χ3n) is 2.94. The summed E-state index contributed by atoms with van der Waals surface area (Å²) in [5, 5.41) is 3.47. The van der Waals surface area contributed by atoms with Gasteiger partial charge in [0.15, 0.2) is 0 Å². The Kier molecular flexibility index (Phi) is 4.90. The number of hydrogen-bond acceptors (Lipinski definition) is 3. The molecule has 0 bridgehead atoms. The average molecular weight is 259 g/mol. The summed E-state index contributed by atoms with van der Waals surface area (Å²) in [6.45, 7) is 4.99. The van der Waals surface area contributed by atoms with Crippen LogP contribution >= 0.6 is 0 Å². The highest BCUT2D eigenvalue weighted by Crippen LogP contribution is 2.25. The lowest BCUT2D eigenvalue weighted by Crippen LogP contribution is -2.08. The van der Waals surface area contributed by atoms with Gasteiger partial charge in [0.2, 0.25) is 0 Å². The van der Waals surface area contributed by atoms with Crippen LogP contribution in [0.15, 0.2) is 47.1 Å². The van der Waals surface area contributed by atoms with Crippen molar-refractivity contribution in [2.75, 3.05) is 11.9 Å². The van der Waals surface area contributed by atoms with Crippen LogP contribution in [0.4, 0.5) is 5.69 Å². The Morgan fingerprint density at radius 1 is 1.21 bits per heavy atom. The number of anilines is 1. The van der Waals surface area contributed by atoms with Crippen LogP contribution in [0.25, 0.3) is 0 Å².